The molecule has 1 aliphatic rings. The van der Waals surface area contributed by atoms with Gasteiger partial charge in [-0.05, 0) is 31.7 Å². The first-order valence-electron chi connectivity index (χ1n) is 8.99. The maximum absolute atomic E-state index is 4.46. The lowest BCUT2D eigenvalue weighted by atomic mass is 9.99. The minimum Gasteiger partial charge on any atom is -0.356 e. The number of benzene rings is 1. The summed E-state index contributed by atoms with van der Waals surface area (Å²) in [6, 6.07) is 9.01. The Kier molecular flexibility index (Phi) is 7.43. The summed E-state index contributed by atoms with van der Waals surface area (Å²) >= 11 is 0. The Morgan fingerprint density at radius 1 is 1.38 bits per heavy atom. The highest BCUT2D eigenvalue weighted by molar-refractivity contribution is 14.0. The highest BCUT2D eigenvalue weighted by Gasteiger charge is 2.21. The third kappa shape index (κ3) is 5.18. The molecule has 2 N–H and O–H groups in total. The van der Waals surface area contributed by atoms with E-state index in [4.69, 9.17) is 0 Å². The predicted molar refractivity (Wildman–Crippen MR) is 116 cm³/mol. The molecule has 26 heavy (non-hydrogen) atoms. The van der Waals surface area contributed by atoms with E-state index in [2.05, 4.69) is 63.8 Å². The van der Waals surface area contributed by atoms with E-state index in [0.29, 0.717) is 12.0 Å². The third-order valence-electron chi connectivity index (χ3n) is 4.72. The van der Waals surface area contributed by atoms with Crippen molar-refractivity contribution in [1.82, 2.24) is 25.4 Å². The summed E-state index contributed by atoms with van der Waals surface area (Å²) in [5.41, 5.74) is 2.65. The summed E-state index contributed by atoms with van der Waals surface area (Å²) in [4.78, 5) is 8.84. The number of rotatable bonds is 4. The molecule has 6 nitrogen and oxygen atoms in total. The number of fused-ring (bicyclic) bond motifs is 1. The van der Waals surface area contributed by atoms with Crippen molar-refractivity contribution in [2.45, 2.75) is 52.1 Å². The van der Waals surface area contributed by atoms with Gasteiger partial charge in [0, 0.05) is 26.1 Å². The highest BCUT2D eigenvalue weighted by Crippen LogP contribution is 2.16. The number of aromatic nitrogens is 3. The lowest BCUT2D eigenvalue weighted by Crippen LogP contribution is -2.47. The van der Waals surface area contributed by atoms with E-state index < -0.39 is 0 Å². The maximum Gasteiger partial charge on any atom is 0.191 e. The maximum atomic E-state index is 4.46. The Balaban J connectivity index is 0.00000243. The molecular formula is C19H29IN6. The smallest absolute Gasteiger partial charge is 0.191 e. The minimum atomic E-state index is 0. The molecule has 2 unspecified atom stereocenters. The SMILES string of the molecule is CN=C(NCC(C)c1cccc(C)c1)NC1CCc2nc(C)nn2C1.I. The molecule has 2 heterocycles. The fraction of sp³-hybridized carbons (Fsp3) is 0.526. The van der Waals surface area contributed by atoms with Crippen molar-refractivity contribution in [3.05, 3.63) is 47.0 Å². The molecular weight excluding hydrogens is 439 g/mol. The van der Waals surface area contributed by atoms with E-state index in [1.807, 2.05) is 18.7 Å². The Bertz CT molecular complexity index is 754. The van der Waals surface area contributed by atoms with Gasteiger partial charge in [0.15, 0.2) is 5.96 Å². The summed E-state index contributed by atoms with van der Waals surface area (Å²) in [6.45, 7) is 8.00. The molecule has 0 spiro atoms. The molecule has 7 heteroatoms. The van der Waals surface area contributed by atoms with Gasteiger partial charge in [-0.25, -0.2) is 9.67 Å². The number of nitrogens with one attached hydrogen (secondary N) is 2. The van der Waals surface area contributed by atoms with Gasteiger partial charge in [-0.3, -0.25) is 4.99 Å². The van der Waals surface area contributed by atoms with Gasteiger partial charge in [-0.2, -0.15) is 5.10 Å². The van der Waals surface area contributed by atoms with E-state index in [1.54, 1.807) is 0 Å². The Labute approximate surface area is 172 Å². The minimum absolute atomic E-state index is 0. The lowest BCUT2D eigenvalue weighted by Gasteiger charge is -2.26. The molecule has 0 aliphatic carbocycles. The van der Waals surface area contributed by atoms with Crippen molar-refractivity contribution in [3.8, 4) is 0 Å². The molecule has 0 fully saturated rings. The summed E-state index contributed by atoms with van der Waals surface area (Å²) in [5.74, 6) is 3.22. The number of guanidine groups is 1. The van der Waals surface area contributed by atoms with Gasteiger partial charge >= 0.3 is 0 Å². The van der Waals surface area contributed by atoms with Crippen LogP contribution in [0.15, 0.2) is 29.3 Å². The molecule has 0 radical (unpaired) electrons. The number of aryl methyl sites for hydroxylation is 3. The van der Waals surface area contributed by atoms with Crippen LogP contribution in [0, 0.1) is 13.8 Å². The normalized spacial score (nSPS) is 17.8. The second-order valence-corrected chi connectivity index (χ2v) is 6.91. The zero-order chi connectivity index (χ0) is 17.8. The van der Waals surface area contributed by atoms with Gasteiger partial charge in [0.1, 0.15) is 11.6 Å². The first-order chi connectivity index (χ1) is 12.0. The summed E-state index contributed by atoms with van der Waals surface area (Å²) in [7, 11) is 1.82. The first-order valence-corrected chi connectivity index (χ1v) is 8.99. The molecule has 1 aromatic heterocycles. The van der Waals surface area contributed by atoms with Gasteiger partial charge in [-0.15, -0.1) is 24.0 Å². The van der Waals surface area contributed by atoms with E-state index in [9.17, 15) is 0 Å². The molecule has 3 rings (SSSR count). The van der Waals surface area contributed by atoms with Crippen LogP contribution in [0.4, 0.5) is 0 Å². The first kappa shape index (κ1) is 20.7. The Morgan fingerprint density at radius 3 is 2.92 bits per heavy atom. The van der Waals surface area contributed by atoms with Gasteiger partial charge in [0.05, 0.1) is 6.54 Å². The lowest BCUT2D eigenvalue weighted by molar-refractivity contribution is 0.392. The number of hydrogen-bond donors (Lipinski definition) is 2. The van der Waals surface area contributed by atoms with Crippen LogP contribution in [0.25, 0.3) is 0 Å². The van der Waals surface area contributed by atoms with Crippen molar-refractivity contribution in [3.63, 3.8) is 0 Å². The molecule has 0 bridgehead atoms. The fourth-order valence-electron chi connectivity index (χ4n) is 3.28. The van der Waals surface area contributed by atoms with Gasteiger partial charge in [-0.1, -0.05) is 36.8 Å². The number of halogens is 1. The van der Waals surface area contributed by atoms with Crippen LogP contribution in [0.5, 0.6) is 0 Å². The average molecular weight is 468 g/mol. The van der Waals surface area contributed by atoms with Crippen LogP contribution < -0.4 is 10.6 Å². The second kappa shape index (κ2) is 9.34. The quantitative estimate of drug-likeness (QED) is 0.412. The molecule has 0 amide bonds. The summed E-state index contributed by atoms with van der Waals surface area (Å²) in [6.07, 6.45) is 2.00. The second-order valence-electron chi connectivity index (χ2n) is 6.91. The van der Waals surface area contributed by atoms with E-state index in [0.717, 1.165) is 43.5 Å². The van der Waals surface area contributed by atoms with E-state index >= 15 is 0 Å². The summed E-state index contributed by atoms with van der Waals surface area (Å²) < 4.78 is 2.01. The molecule has 142 valence electrons. The number of hydrogen-bond acceptors (Lipinski definition) is 3. The molecule has 0 saturated carbocycles. The van der Waals surface area contributed by atoms with E-state index in [1.165, 1.54) is 11.1 Å². The predicted octanol–water partition coefficient (Wildman–Crippen LogP) is 2.80. The van der Waals surface area contributed by atoms with Crippen LogP contribution in [-0.4, -0.2) is 40.4 Å². The molecule has 1 aliphatic heterocycles. The largest absolute Gasteiger partial charge is 0.356 e. The van der Waals surface area contributed by atoms with Crippen molar-refractivity contribution in [2.75, 3.05) is 13.6 Å². The highest BCUT2D eigenvalue weighted by atomic mass is 127. The van der Waals surface area contributed by atoms with Crippen LogP contribution in [0.3, 0.4) is 0 Å². The molecule has 1 aromatic carbocycles. The van der Waals surface area contributed by atoms with Gasteiger partial charge in [0.25, 0.3) is 0 Å². The molecule has 2 aromatic rings. The van der Waals surface area contributed by atoms with Crippen LogP contribution in [0.1, 0.15) is 42.0 Å². The zero-order valence-electron chi connectivity index (χ0n) is 16.0. The Morgan fingerprint density at radius 2 is 2.19 bits per heavy atom. The van der Waals surface area contributed by atoms with E-state index in [-0.39, 0.29) is 24.0 Å². The zero-order valence-corrected chi connectivity index (χ0v) is 18.3. The fourth-order valence-corrected chi connectivity index (χ4v) is 3.28. The van der Waals surface area contributed by atoms with Crippen molar-refractivity contribution in [2.24, 2.45) is 4.99 Å². The van der Waals surface area contributed by atoms with Crippen LogP contribution >= 0.6 is 24.0 Å². The van der Waals surface area contributed by atoms with Crippen molar-refractivity contribution < 1.29 is 0 Å². The number of nitrogens with zero attached hydrogens (tertiary/aromatic N) is 4. The topological polar surface area (TPSA) is 67.1 Å². The standard InChI is InChI=1S/C19H28N6.HI/c1-13-6-5-7-16(10-13)14(2)11-21-19(20-4)23-17-8-9-18-22-15(3)24-25(18)12-17;/h5-7,10,14,17H,8-9,11-12H2,1-4H3,(H2,20,21,23);1H. The third-order valence-corrected chi connectivity index (χ3v) is 4.72. The number of aliphatic imine (C=N–C) groups is 1. The van der Waals surface area contributed by atoms with Crippen molar-refractivity contribution >= 4 is 29.9 Å². The average Bonchev–Trinajstić information content (AvgIpc) is 2.97. The summed E-state index contributed by atoms with van der Waals surface area (Å²) in [5, 5.41) is 11.4. The molecule has 0 saturated heterocycles. The van der Waals surface area contributed by atoms with Crippen LogP contribution in [0.2, 0.25) is 0 Å². The molecule has 2 atom stereocenters. The Hall–Kier alpha value is -1.64. The van der Waals surface area contributed by atoms with Gasteiger partial charge in [0.2, 0.25) is 0 Å². The van der Waals surface area contributed by atoms with Gasteiger partial charge < -0.3 is 10.6 Å². The van der Waals surface area contributed by atoms with Crippen LogP contribution in [-0.2, 0) is 13.0 Å². The van der Waals surface area contributed by atoms with Crippen molar-refractivity contribution in [1.29, 1.82) is 0 Å². The monoisotopic (exact) mass is 468 g/mol.